The molecule has 0 aromatic carbocycles. The van der Waals surface area contributed by atoms with E-state index in [1.54, 1.807) is 7.11 Å². The molecule has 0 spiro atoms. The fraction of sp³-hybridized carbons (Fsp3) is 1.00. The third-order valence-corrected chi connectivity index (χ3v) is 3.48. The van der Waals surface area contributed by atoms with E-state index in [1.807, 2.05) is 0 Å². The maximum absolute atomic E-state index is 9.56. The number of rotatable bonds is 10. The first kappa shape index (κ1) is 17.8. The monoisotopic (exact) mass is 260 g/mol. The van der Waals surface area contributed by atoms with Gasteiger partial charge in [-0.15, -0.1) is 0 Å². The zero-order valence-corrected chi connectivity index (χ0v) is 13.0. The number of aliphatic hydroxyl groups is 1. The molecule has 0 amide bonds. The Hall–Kier alpha value is -0.160. The molecular formula is C14H32N2O2. The number of hydrogen-bond acceptors (Lipinski definition) is 4. The number of likely N-dealkylation sites (N-methyl/N-ethyl adjacent to an activating group) is 1. The van der Waals surface area contributed by atoms with Gasteiger partial charge in [-0.3, -0.25) is 4.90 Å². The van der Waals surface area contributed by atoms with E-state index in [2.05, 4.69) is 44.8 Å². The minimum absolute atomic E-state index is 0.168. The molecule has 4 heteroatoms. The molecule has 4 nitrogen and oxygen atoms in total. The lowest BCUT2D eigenvalue weighted by atomic mass is 9.93. The topological polar surface area (TPSA) is 44.7 Å². The second-order valence-electron chi connectivity index (χ2n) is 5.63. The third-order valence-electron chi connectivity index (χ3n) is 3.48. The number of methoxy groups -OCH3 is 1. The van der Waals surface area contributed by atoms with E-state index in [0.717, 1.165) is 26.1 Å². The van der Waals surface area contributed by atoms with Crippen molar-refractivity contribution in [2.45, 2.75) is 58.7 Å². The minimum Gasteiger partial charge on any atom is -0.394 e. The van der Waals surface area contributed by atoms with E-state index < -0.39 is 0 Å². The van der Waals surface area contributed by atoms with Crippen LogP contribution in [0.4, 0.5) is 0 Å². The normalized spacial score (nSPS) is 17.2. The molecule has 18 heavy (non-hydrogen) atoms. The van der Waals surface area contributed by atoms with E-state index >= 15 is 0 Å². The van der Waals surface area contributed by atoms with Gasteiger partial charge in [0.15, 0.2) is 0 Å². The standard InChI is InChI=1S/C14H32N2O2/c1-7-15-14(5,11-17)10-13(4)16(12(2)3)8-9-18-6/h12-13,15,17H,7-11H2,1-6H3. The van der Waals surface area contributed by atoms with Crippen LogP contribution in [0.3, 0.4) is 0 Å². The highest BCUT2D eigenvalue weighted by Gasteiger charge is 2.28. The number of nitrogens with one attached hydrogen (secondary N) is 1. The lowest BCUT2D eigenvalue weighted by molar-refractivity contribution is 0.0715. The Morgan fingerprint density at radius 2 is 1.94 bits per heavy atom. The Morgan fingerprint density at radius 1 is 1.33 bits per heavy atom. The summed E-state index contributed by atoms with van der Waals surface area (Å²) in [5.41, 5.74) is -0.200. The van der Waals surface area contributed by atoms with E-state index in [-0.39, 0.29) is 12.1 Å². The summed E-state index contributed by atoms with van der Waals surface area (Å²) in [6.45, 7) is 13.5. The van der Waals surface area contributed by atoms with Gasteiger partial charge < -0.3 is 15.2 Å². The Kier molecular flexibility index (Phi) is 8.78. The predicted octanol–water partition coefficient (Wildman–Crippen LogP) is 1.48. The molecule has 0 heterocycles. The highest BCUT2D eigenvalue weighted by molar-refractivity contribution is 4.87. The SMILES string of the molecule is CCNC(C)(CO)CC(C)N(CCOC)C(C)C. The van der Waals surface area contributed by atoms with Crippen molar-refractivity contribution >= 4 is 0 Å². The summed E-state index contributed by atoms with van der Waals surface area (Å²) in [5.74, 6) is 0. The molecule has 0 aliphatic rings. The second-order valence-corrected chi connectivity index (χ2v) is 5.63. The molecular weight excluding hydrogens is 228 g/mol. The third kappa shape index (κ3) is 6.14. The zero-order valence-electron chi connectivity index (χ0n) is 13.0. The second kappa shape index (κ2) is 8.86. The molecule has 0 fully saturated rings. The molecule has 2 unspecified atom stereocenters. The van der Waals surface area contributed by atoms with Gasteiger partial charge in [0, 0.05) is 31.3 Å². The first-order chi connectivity index (χ1) is 8.40. The van der Waals surface area contributed by atoms with Gasteiger partial charge in [-0.1, -0.05) is 6.92 Å². The van der Waals surface area contributed by atoms with E-state index in [0.29, 0.717) is 12.1 Å². The van der Waals surface area contributed by atoms with Crippen LogP contribution < -0.4 is 5.32 Å². The van der Waals surface area contributed by atoms with Crippen LogP contribution in [0.1, 0.15) is 41.0 Å². The number of aliphatic hydroxyl groups excluding tert-OH is 1. The highest BCUT2D eigenvalue weighted by atomic mass is 16.5. The average Bonchev–Trinajstić information content (AvgIpc) is 2.29. The summed E-state index contributed by atoms with van der Waals surface area (Å²) in [4.78, 5) is 2.43. The van der Waals surface area contributed by atoms with Gasteiger partial charge in [-0.25, -0.2) is 0 Å². The predicted molar refractivity (Wildman–Crippen MR) is 77.0 cm³/mol. The highest BCUT2D eigenvalue weighted by Crippen LogP contribution is 2.17. The van der Waals surface area contributed by atoms with Crippen LogP contribution in [-0.4, -0.2) is 61.0 Å². The first-order valence-electron chi connectivity index (χ1n) is 7.00. The van der Waals surface area contributed by atoms with Crippen molar-refractivity contribution in [3.05, 3.63) is 0 Å². The average molecular weight is 260 g/mol. The quantitative estimate of drug-likeness (QED) is 0.624. The molecule has 0 radical (unpaired) electrons. The molecule has 0 aromatic heterocycles. The van der Waals surface area contributed by atoms with Crippen LogP contribution in [0, 0.1) is 0 Å². The van der Waals surface area contributed by atoms with Crippen LogP contribution in [0.2, 0.25) is 0 Å². The van der Waals surface area contributed by atoms with Crippen LogP contribution in [0.5, 0.6) is 0 Å². The summed E-state index contributed by atoms with van der Waals surface area (Å²) in [5, 5.41) is 12.9. The fourth-order valence-electron chi connectivity index (χ4n) is 2.57. The molecule has 0 aliphatic carbocycles. The number of nitrogens with zero attached hydrogens (tertiary/aromatic N) is 1. The van der Waals surface area contributed by atoms with E-state index in [9.17, 15) is 5.11 Å². The first-order valence-corrected chi connectivity index (χ1v) is 7.00. The lowest BCUT2D eigenvalue weighted by Gasteiger charge is -2.38. The van der Waals surface area contributed by atoms with Crippen molar-refractivity contribution in [2.24, 2.45) is 0 Å². The molecule has 0 aromatic rings. The smallest absolute Gasteiger partial charge is 0.0611 e. The van der Waals surface area contributed by atoms with Gasteiger partial charge in [0.25, 0.3) is 0 Å². The van der Waals surface area contributed by atoms with E-state index in [4.69, 9.17) is 4.74 Å². The van der Waals surface area contributed by atoms with Crippen LogP contribution in [-0.2, 0) is 4.74 Å². The van der Waals surface area contributed by atoms with Gasteiger partial charge in [0.2, 0.25) is 0 Å². The molecule has 0 saturated heterocycles. The number of hydrogen-bond donors (Lipinski definition) is 2. The van der Waals surface area contributed by atoms with Crippen molar-refractivity contribution in [1.82, 2.24) is 10.2 Å². The molecule has 0 bridgehead atoms. The Morgan fingerprint density at radius 3 is 2.33 bits per heavy atom. The van der Waals surface area contributed by atoms with Crippen LogP contribution in [0.15, 0.2) is 0 Å². The fourth-order valence-corrected chi connectivity index (χ4v) is 2.57. The summed E-state index contributed by atoms with van der Waals surface area (Å²) in [6, 6.07) is 0.899. The van der Waals surface area contributed by atoms with E-state index in [1.165, 1.54) is 0 Å². The molecule has 0 saturated carbocycles. The Labute approximate surface area is 113 Å². The summed E-state index contributed by atoms with van der Waals surface area (Å²) >= 11 is 0. The molecule has 2 N–H and O–H groups in total. The van der Waals surface area contributed by atoms with Gasteiger partial charge in [-0.05, 0) is 40.7 Å². The van der Waals surface area contributed by atoms with Gasteiger partial charge in [0.1, 0.15) is 0 Å². The van der Waals surface area contributed by atoms with Gasteiger partial charge >= 0.3 is 0 Å². The maximum Gasteiger partial charge on any atom is 0.0611 e. The van der Waals surface area contributed by atoms with Gasteiger partial charge in [0.05, 0.1) is 13.2 Å². The van der Waals surface area contributed by atoms with Gasteiger partial charge in [-0.2, -0.15) is 0 Å². The summed E-state index contributed by atoms with van der Waals surface area (Å²) < 4.78 is 5.17. The number of ether oxygens (including phenoxy) is 1. The van der Waals surface area contributed by atoms with Crippen molar-refractivity contribution in [1.29, 1.82) is 0 Å². The maximum atomic E-state index is 9.56. The van der Waals surface area contributed by atoms with Crippen molar-refractivity contribution in [3.63, 3.8) is 0 Å². The Bertz CT molecular complexity index is 212. The van der Waals surface area contributed by atoms with Crippen LogP contribution >= 0.6 is 0 Å². The molecule has 0 rings (SSSR count). The Balaban J connectivity index is 4.51. The molecule has 0 aliphatic heterocycles. The lowest BCUT2D eigenvalue weighted by Crippen LogP contribution is -2.52. The molecule has 110 valence electrons. The summed E-state index contributed by atoms with van der Waals surface area (Å²) in [6.07, 6.45) is 0.930. The van der Waals surface area contributed by atoms with Crippen molar-refractivity contribution < 1.29 is 9.84 Å². The minimum atomic E-state index is -0.200. The molecule has 2 atom stereocenters. The van der Waals surface area contributed by atoms with Crippen molar-refractivity contribution in [2.75, 3.05) is 33.4 Å². The summed E-state index contributed by atoms with van der Waals surface area (Å²) in [7, 11) is 1.74. The largest absolute Gasteiger partial charge is 0.394 e. The van der Waals surface area contributed by atoms with Crippen molar-refractivity contribution in [3.8, 4) is 0 Å². The zero-order chi connectivity index (χ0) is 14.2. The van der Waals surface area contributed by atoms with Crippen LogP contribution in [0.25, 0.3) is 0 Å².